The lowest BCUT2D eigenvalue weighted by Crippen LogP contribution is -2.04. The molecule has 0 aliphatic heterocycles. The zero-order valence-corrected chi connectivity index (χ0v) is 14.4. The topological polar surface area (TPSA) is 26.5 Å². The lowest BCUT2D eigenvalue weighted by atomic mass is 10.1. The molecule has 0 bridgehead atoms. The van der Waals surface area contributed by atoms with Crippen molar-refractivity contribution in [2.24, 2.45) is 0 Å². The fourth-order valence-electron chi connectivity index (χ4n) is 2.41. The van der Waals surface area contributed by atoms with Crippen LogP contribution in [-0.4, -0.2) is 16.0 Å². The van der Waals surface area contributed by atoms with Crippen molar-refractivity contribution in [3.8, 4) is 5.75 Å². The van der Waals surface area contributed by atoms with Gasteiger partial charge in [0.25, 0.3) is 0 Å². The minimum Gasteiger partial charge on any atom is -0.490 e. The molecule has 0 atom stereocenters. The van der Waals surface area contributed by atoms with E-state index in [1.54, 1.807) is 24.3 Å². The van der Waals surface area contributed by atoms with Crippen molar-refractivity contribution in [2.75, 3.05) is 6.61 Å². The molecule has 0 radical (unpaired) electrons. The van der Waals surface area contributed by atoms with Crippen molar-refractivity contribution in [2.45, 2.75) is 19.0 Å². The van der Waals surface area contributed by atoms with E-state index in [1.165, 1.54) is 10.6 Å². The van der Waals surface area contributed by atoms with Crippen molar-refractivity contribution >= 4 is 28.8 Å². The number of ether oxygens (including phenoxy) is 1. The third-order valence-corrected chi connectivity index (χ3v) is 4.19. The Morgan fingerprint density at radius 2 is 1.96 bits per heavy atom. The second-order valence-electron chi connectivity index (χ2n) is 5.41. The van der Waals surface area contributed by atoms with Gasteiger partial charge in [-0.05, 0) is 42.7 Å². The first kappa shape index (κ1) is 17.9. The molecule has 0 saturated heterocycles. The molecule has 0 spiro atoms. The highest BCUT2D eigenvalue weighted by atomic mass is 35.5. The Labute approximate surface area is 152 Å². The van der Waals surface area contributed by atoms with Gasteiger partial charge in [-0.3, -0.25) is 0 Å². The fourth-order valence-corrected chi connectivity index (χ4v) is 2.91. The summed E-state index contributed by atoms with van der Waals surface area (Å²) in [6.07, 6.45) is -0.737. The molecule has 8 heteroatoms. The van der Waals surface area contributed by atoms with Crippen LogP contribution in [0.15, 0.2) is 42.7 Å². The maximum atomic E-state index is 12.8. The molecule has 3 aromatic rings. The van der Waals surface area contributed by atoms with E-state index in [-0.39, 0.29) is 5.65 Å². The van der Waals surface area contributed by atoms with Crippen LogP contribution < -0.4 is 4.74 Å². The van der Waals surface area contributed by atoms with Crippen molar-refractivity contribution < 1.29 is 17.9 Å². The van der Waals surface area contributed by atoms with Crippen LogP contribution in [0, 0.1) is 0 Å². The van der Waals surface area contributed by atoms with Crippen LogP contribution >= 0.6 is 23.2 Å². The Morgan fingerprint density at radius 3 is 2.68 bits per heavy atom. The molecule has 132 valence electrons. The van der Waals surface area contributed by atoms with E-state index in [2.05, 4.69) is 4.98 Å². The van der Waals surface area contributed by atoms with Gasteiger partial charge in [0.2, 0.25) is 0 Å². The van der Waals surface area contributed by atoms with E-state index in [1.807, 2.05) is 6.07 Å². The molecule has 0 aliphatic carbocycles. The normalized spacial score (nSPS) is 11.9. The number of pyridine rings is 1. The van der Waals surface area contributed by atoms with Gasteiger partial charge < -0.3 is 9.14 Å². The van der Waals surface area contributed by atoms with Crippen LogP contribution in [0.2, 0.25) is 10.0 Å². The number of fused-ring (bicyclic) bond motifs is 1. The van der Waals surface area contributed by atoms with Gasteiger partial charge >= 0.3 is 6.18 Å². The number of hydrogen-bond acceptors (Lipinski definition) is 2. The third-order valence-electron chi connectivity index (χ3n) is 3.60. The molecule has 0 saturated carbocycles. The van der Waals surface area contributed by atoms with E-state index in [4.69, 9.17) is 27.9 Å². The maximum Gasteiger partial charge on any atom is 0.434 e. The van der Waals surface area contributed by atoms with Crippen LogP contribution in [0.5, 0.6) is 5.75 Å². The Balaban J connectivity index is 1.66. The van der Waals surface area contributed by atoms with Crippen LogP contribution in [-0.2, 0) is 12.6 Å². The van der Waals surface area contributed by atoms with E-state index in [9.17, 15) is 13.2 Å². The summed E-state index contributed by atoms with van der Waals surface area (Å²) in [4.78, 5) is 3.62. The molecular weight excluding hydrogens is 376 g/mol. The summed E-state index contributed by atoms with van der Waals surface area (Å²) in [6, 6.07) is 8.48. The molecule has 1 aromatic carbocycles. The number of aryl methyl sites for hydroxylation is 1. The number of rotatable bonds is 5. The minimum absolute atomic E-state index is 0.138. The highest BCUT2D eigenvalue weighted by Crippen LogP contribution is 2.30. The summed E-state index contributed by atoms with van der Waals surface area (Å²) < 4.78 is 45.2. The van der Waals surface area contributed by atoms with Gasteiger partial charge in [0, 0.05) is 22.4 Å². The van der Waals surface area contributed by atoms with Crippen LogP contribution in [0.3, 0.4) is 0 Å². The Bertz CT molecular complexity index is 893. The van der Waals surface area contributed by atoms with Gasteiger partial charge in [0.15, 0.2) is 17.1 Å². The average molecular weight is 389 g/mol. The first-order chi connectivity index (χ1) is 11.8. The first-order valence-electron chi connectivity index (χ1n) is 7.46. The lowest BCUT2D eigenvalue weighted by molar-refractivity contribution is -0.140. The lowest BCUT2D eigenvalue weighted by Gasteiger charge is -2.08. The highest BCUT2D eigenvalue weighted by molar-refractivity contribution is 6.35. The molecule has 0 unspecified atom stereocenters. The molecular formula is C17H13Cl2F3N2O. The number of aromatic nitrogens is 2. The molecule has 2 heterocycles. The molecule has 3 rings (SSSR count). The maximum absolute atomic E-state index is 12.8. The Kier molecular flexibility index (Phi) is 5.11. The largest absolute Gasteiger partial charge is 0.490 e. The third kappa shape index (κ3) is 4.19. The van der Waals surface area contributed by atoms with E-state index in [0.29, 0.717) is 35.2 Å². The first-order valence-corrected chi connectivity index (χ1v) is 8.22. The van der Waals surface area contributed by atoms with Gasteiger partial charge in [-0.2, -0.15) is 13.2 Å². The van der Waals surface area contributed by atoms with Gasteiger partial charge in [-0.15, -0.1) is 0 Å². The zero-order chi connectivity index (χ0) is 18.0. The molecule has 0 aliphatic rings. The summed E-state index contributed by atoms with van der Waals surface area (Å²) in [5, 5.41) is 1.15. The standard InChI is InChI=1S/C17H13Cl2F3N2O/c18-12-6-5-11(13(19)9-12)3-2-8-25-14-4-1-7-24-10-15(17(20,21)22)23-16(14)24/h1,4-7,9-10H,2-3,8H2. The zero-order valence-electron chi connectivity index (χ0n) is 12.9. The van der Waals surface area contributed by atoms with E-state index >= 15 is 0 Å². The summed E-state index contributed by atoms with van der Waals surface area (Å²) >= 11 is 12.0. The second-order valence-corrected chi connectivity index (χ2v) is 6.26. The van der Waals surface area contributed by atoms with Crippen LogP contribution in [0.1, 0.15) is 17.7 Å². The van der Waals surface area contributed by atoms with E-state index < -0.39 is 11.9 Å². The average Bonchev–Trinajstić information content (AvgIpc) is 2.98. The predicted molar refractivity (Wildman–Crippen MR) is 90.5 cm³/mol. The monoisotopic (exact) mass is 388 g/mol. The molecule has 0 amide bonds. The molecule has 2 aromatic heterocycles. The van der Waals surface area contributed by atoms with Gasteiger partial charge in [-0.1, -0.05) is 29.3 Å². The number of nitrogens with zero attached hydrogens (tertiary/aromatic N) is 2. The summed E-state index contributed by atoms with van der Waals surface area (Å²) in [5.74, 6) is 0.306. The highest BCUT2D eigenvalue weighted by Gasteiger charge is 2.34. The Hall–Kier alpha value is -1.92. The van der Waals surface area contributed by atoms with Crippen molar-refractivity contribution in [3.05, 3.63) is 64.0 Å². The summed E-state index contributed by atoms with van der Waals surface area (Å²) in [5.41, 5.74) is 0.129. The number of alkyl halides is 3. The molecule has 25 heavy (non-hydrogen) atoms. The van der Waals surface area contributed by atoms with Crippen molar-refractivity contribution in [1.29, 1.82) is 0 Å². The number of imidazole rings is 1. The molecule has 0 N–H and O–H groups in total. The second kappa shape index (κ2) is 7.14. The number of hydrogen-bond donors (Lipinski definition) is 0. The van der Waals surface area contributed by atoms with E-state index in [0.717, 1.165) is 11.8 Å². The molecule has 3 nitrogen and oxygen atoms in total. The summed E-state index contributed by atoms with van der Waals surface area (Å²) in [7, 11) is 0. The van der Waals surface area contributed by atoms with Gasteiger partial charge in [0.05, 0.1) is 6.61 Å². The van der Waals surface area contributed by atoms with Crippen molar-refractivity contribution in [3.63, 3.8) is 0 Å². The fraction of sp³-hybridized carbons (Fsp3) is 0.235. The minimum atomic E-state index is -4.49. The smallest absolute Gasteiger partial charge is 0.434 e. The number of benzene rings is 1. The predicted octanol–water partition coefficient (Wildman–Crippen LogP) is 5.67. The van der Waals surface area contributed by atoms with Crippen LogP contribution in [0.25, 0.3) is 5.65 Å². The quantitative estimate of drug-likeness (QED) is 0.526. The van der Waals surface area contributed by atoms with Gasteiger partial charge in [-0.25, -0.2) is 4.98 Å². The van der Waals surface area contributed by atoms with Crippen molar-refractivity contribution in [1.82, 2.24) is 9.38 Å². The number of halogens is 5. The SMILES string of the molecule is FC(F)(F)c1cn2cccc(OCCCc3ccc(Cl)cc3Cl)c2n1. The molecule has 0 fully saturated rings. The van der Waals surface area contributed by atoms with Gasteiger partial charge in [0.1, 0.15) is 0 Å². The summed E-state index contributed by atoms with van der Waals surface area (Å²) in [6.45, 7) is 0.326. The van der Waals surface area contributed by atoms with Crippen LogP contribution in [0.4, 0.5) is 13.2 Å². The Morgan fingerprint density at radius 1 is 1.16 bits per heavy atom.